The molecular weight excluding hydrogens is 186 g/mol. The standard InChI is InChI=1S/C12H23N3/c1-5-7-13-10(3)8-12-9-11(6-2)14-15(12)4/h9-10,13H,5-8H2,1-4H3. The van der Waals surface area contributed by atoms with Crippen LogP contribution in [0.1, 0.15) is 38.6 Å². The fourth-order valence-electron chi connectivity index (χ4n) is 1.71. The monoisotopic (exact) mass is 209 g/mol. The summed E-state index contributed by atoms with van der Waals surface area (Å²) in [5.74, 6) is 0. The van der Waals surface area contributed by atoms with E-state index < -0.39 is 0 Å². The minimum Gasteiger partial charge on any atom is -0.314 e. The Morgan fingerprint density at radius 2 is 2.20 bits per heavy atom. The molecule has 0 amide bonds. The fourth-order valence-corrected chi connectivity index (χ4v) is 1.71. The van der Waals surface area contributed by atoms with Gasteiger partial charge in [-0.05, 0) is 32.4 Å². The van der Waals surface area contributed by atoms with Gasteiger partial charge in [-0.25, -0.2) is 0 Å². The van der Waals surface area contributed by atoms with Crippen LogP contribution in [0.3, 0.4) is 0 Å². The Balaban J connectivity index is 2.51. The maximum Gasteiger partial charge on any atom is 0.0624 e. The molecule has 1 aromatic heterocycles. The number of rotatable bonds is 6. The Morgan fingerprint density at radius 1 is 1.47 bits per heavy atom. The van der Waals surface area contributed by atoms with Crippen LogP contribution in [-0.2, 0) is 19.9 Å². The first-order valence-electron chi connectivity index (χ1n) is 5.92. The highest BCUT2D eigenvalue weighted by molar-refractivity contribution is 5.11. The zero-order valence-electron chi connectivity index (χ0n) is 10.4. The van der Waals surface area contributed by atoms with Crippen molar-refractivity contribution in [2.24, 2.45) is 7.05 Å². The van der Waals surface area contributed by atoms with Crippen molar-refractivity contribution in [3.63, 3.8) is 0 Å². The van der Waals surface area contributed by atoms with Gasteiger partial charge in [0.25, 0.3) is 0 Å². The summed E-state index contributed by atoms with van der Waals surface area (Å²) >= 11 is 0. The van der Waals surface area contributed by atoms with Crippen LogP contribution in [0.25, 0.3) is 0 Å². The van der Waals surface area contributed by atoms with Crippen molar-refractivity contribution in [3.8, 4) is 0 Å². The molecule has 0 aliphatic rings. The van der Waals surface area contributed by atoms with Crippen molar-refractivity contribution in [1.29, 1.82) is 0 Å². The summed E-state index contributed by atoms with van der Waals surface area (Å²) in [6.07, 6.45) is 3.27. The Hall–Kier alpha value is -0.830. The van der Waals surface area contributed by atoms with Crippen LogP contribution in [0.2, 0.25) is 0 Å². The predicted octanol–water partition coefficient (Wildman–Crippen LogP) is 1.91. The molecule has 0 aliphatic heterocycles. The second kappa shape index (κ2) is 5.91. The third kappa shape index (κ3) is 3.67. The van der Waals surface area contributed by atoms with E-state index in [2.05, 4.69) is 37.3 Å². The summed E-state index contributed by atoms with van der Waals surface area (Å²) in [5, 5.41) is 7.95. The highest BCUT2D eigenvalue weighted by atomic mass is 15.3. The Kier molecular flexibility index (Phi) is 4.82. The Labute approximate surface area is 92.9 Å². The minimum atomic E-state index is 0.532. The first kappa shape index (κ1) is 12.2. The van der Waals surface area contributed by atoms with Crippen LogP contribution >= 0.6 is 0 Å². The summed E-state index contributed by atoms with van der Waals surface area (Å²) < 4.78 is 2.00. The van der Waals surface area contributed by atoms with Gasteiger partial charge in [-0.3, -0.25) is 4.68 Å². The average molecular weight is 209 g/mol. The van der Waals surface area contributed by atoms with Gasteiger partial charge >= 0.3 is 0 Å². The molecule has 0 radical (unpaired) electrons. The molecule has 0 fully saturated rings. The van der Waals surface area contributed by atoms with Crippen LogP contribution in [0, 0.1) is 0 Å². The van der Waals surface area contributed by atoms with Gasteiger partial charge in [0.05, 0.1) is 5.69 Å². The van der Waals surface area contributed by atoms with Crippen molar-refractivity contribution in [2.75, 3.05) is 6.54 Å². The first-order valence-corrected chi connectivity index (χ1v) is 5.92. The molecule has 0 saturated heterocycles. The van der Waals surface area contributed by atoms with Crippen LogP contribution in [0.4, 0.5) is 0 Å². The molecule has 0 saturated carbocycles. The highest BCUT2D eigenvalue weighted by Crippen LogP contribution is 2.06. The van der Waals surface area contributed by atoms with Gasteiger partial charge in [0, 0.05) is 25.2 Å². The number of nitrogens with one attached hydrogen (secondary N) is 1. The first-order chi connectivity index (χ1) is 7.17. The molecule has 0 aliphatic carbocycles. The van der Waals surface area contributed by atoms with Gasteiger partial charge in [-0.1, -0.05) is 13.8 Å². The van der Waals surface area contributed by atoms with E-state index in [-0.39, 0.29) is 0 Å². The predicted molar refractivity (Wildman–Crippen MR) is 64.0 cm³/mol. The third-order valence-electron chi connectivity index (χ3n) is 2.65. The van der Waals surface area contributed by atoms with Gasteiger partial charge in [0.15, 0.2) is 0 Å². The lowest BCUT2D eigenvalue weighted by Crippen LogP contribution is -2.29. The molecule has 86 valence electrons. The molecule has 0 spiro atoms. The van der Waals surface area contributed by atoms with E-state index in [4.69, 9.17) is 0 Å². The Morgan fingerprint density at radius 3 is 2.73 bits per heavy atom. The molecule has 1 rings (SSSR count). The number of hydrogen-bond acceptors (Lipinski definition) is 2. The zero-order valence-corrected chi connectivity index (χ0v) is 10.4. The molecular formula is C12H23N3. The van der Waals surface area contributed by atoms with Crippen LogP contribution < -0.4 is 5.32 Å². The maximum absolute atomic E-state index is 4.45. The van der Waals surface area contributed by atoms with Crippen molar-refractivity contribution < 1.29 is 0 Å². The lowest BCUT2D eigenvalue weighted by Gasteiger charge is -2.12. The smallest absolute Gasteiger partial charge is 0.0624 e. The molecule has 3 heteroatoms. The molecule has 1 aromatic rings. The molecule has 15 heavy (non-hydrogen) atoms. The van der Waals surface area contributed by atoms with Gasteiger partial charge in [-0.2, -0.15) is 5.10 Å². The lowest BCUT2D eigenvalue weighted by atomic mass is 10.1. The summed E-state index contributed by atoms with van der Waals surface area (Å²) in [6, 6.07) is 2.74. The summed E-state index contributed by atoms with van der Waals surface area (Å²) in [5.41, 5.74) is 2.51. The van der Waals surface area contributed by atoms with Crippen molar-refractivity contribution in [1.82, 2.24) is 15.1 Å². The number of nitrogens with zero attached hydrogens (tertiary/aromatic N) is 2. The number of aryl methyl sites for hydroxylation is 2. The second-order valence-electron chi connectivity index (χ2n) is 4.16. The SMILES string of the molecule is CCCNC(C)Cc1cc(CC)nn1C. The van der Waals surface area contributed by atoms with E-state index in [9.17, 15) is 0 Å². The second-order valence-corrected chi connectivity index (χ2v) is 4.16. The molecule has 3 nitrogen and oxygen atoms in total. The maximum atomic E-state index is 4.45. The van der Waals surface area contributed by atoms with Crippen LogP contribution in [-0.4, -0.2) is 22.4 Å². The molecule has 1 heterocycles. The number of hydrogen-bond donors (Lipinski definition) is 1. The normalized spacial score (nSPS) is 13.1. The third-order valence-corrected chi connectivity index (χ3v) is 2.65. The van der Waals surface area contributed by atoms with Crippen molar-refractivity contribution in [3.05, 3.63) is 17.5 Å². The Bertz CT molecular complexity index is 291. The quantitative estimate of drug-likeness (QED) is 0.775. The van der Waals surface area contributed by atoms with Gasteiger partial charge < -0.3 is 5.32 Å². The van der Waals surface area contributed by atoms with Crippen LogP contribution in [0.15, 0.2) is 6.07 Å². The highest BCUT2D eigenvalue weighted by Gasteiger charge is 2.07. The fraction of sp³-hybridized carbons (Fsp3) is 0.750. The summed E-state index contributed by atoms with van der Waals surface area (Å²) in [7, 11) is 2.03. The molecule has 0 bridgehead atoms. The zero-order chi connectivity index (χ0) is 11.3. The summed E-state index contributed by atoms with van der Waals surface area (Å²) in [4.78, 5) is 0. The molecule has 1 atom stereocenters. The van der Waals surface area contributed by atoms with Crippen LogP contribution in [0.5, 0.6) is 0 Å². The van der Waals surface area contributed by atoms with E-state index in [1.165, 1.54) is 17.8 Å². The summed E-state index contributed by atoms with van der Waals surface area (Å²) in [6.45, 7) is 7.66. The van der Waals surface area contributed by atoms with Crippen molar-refractivity contribution >= 4 is 0 Å². The lowest BCUT2D eigenvalue weighted by molar-refractivity contribution is 0.525. The molecule has 1 N–H and O–H groups in total. The van der Waals surface area contributed by atoms with Gasteiger partial charge in [0.1, 0.15) is 0 Å². The van der Waals surface area contributed by atoms with E-state index in [0.29, 0.717) is 6.04 Å². The average Bonchev–Trinajstić information content (AvgIpc) is 2.57. The largest absolute Gasteiger partial charge is 0.314 e. The van der Waals surface area contributed by atoms with E-state index in [0.717, 1.165) is 19.4 Å². The molecule has 1 unspecified atom stereocenters. The van der Waals surface area contributed by atoms with Gasteiger partial charge in [-0.15, -0.1) is 0 Å². The van der Waals surface area contributed by atoms with E-state index in [1.54, 1.807) is 0 Å². The molecule has 0 aromatic carbocycles. The topological polar surface area (TPSA) is 29.9 Å². The minimum absolute atomic E-state index is 0.532. The van der Waals surface area contributed by atoms with E-state index >= 15 is 0 Å². The van der Waals surface area contributed by atoms with Gasteiger partial charge in [0.2, 0.25) is 0 Å². The number of aromatic nitrogens is 2. The van der Waals surface area contributed by atoms with E-state index in [1.807, 2.05) is 11.7 Å². The van der Waals surface area contributed by atoms with Crippen molar-refractivity contribution in [2.45, 2.75) is 46.1 Å².